The van der Waals surface area contributed by atoms with Crippen LogP contribution in [0.15, 0.2) is 86.6 Å². The lowest BCUT2D eigenvalue weighted by Crippen LogP contribution is -2.38. The highest BCUT2D eigenvalue weighted by molar-refractivity contribution is 9.10. The zero-order valence-corrected chi connectivity index (χ0v) is 21.3. The number of phenols is 1. The van der Waals surface area contributed by atoms with Crippen molar-refractivity contribution in [2.75, 3.05) is 7.11 Å². The molecule has 0 unspecified atom stereocenters. The number of nitrogens with zero attached hydrogens (tertiary/aromatic N) is 2. The number of hydrogen-bond donors (Lipinski definition) is 1. The van der Waals surface area contributed by atoms with Crippen LogP contribution in [0.25, 0.3) is 11.8 Å². The number of methoxy groups -OCH3 is 1. The predicted octanol–water partition coefficient (Wildman–Crippen LogP) is 4.80. The van der Waals surface area contributed by atoms with Crippen molar-refractivity contribution in [1.29, 1.82) is 0 Å². The molecule has 0 radical (unpaired) electrons. The number of aromatic nitrogens is 1. The van der Waals surface area contributed by atoms with E-state index >= 15 is 0 Å². The van der Waals surface area contributed by atoms with E-state index in [2.05, 4.69) is 46.3 Å². The van der Waals surface area contributed by atoms with Crippen molar-refractivity contribution in [3.63, 3.8) is 0 Å². The average molecular weight is 545 g/mol. The highest BCUT2D eigenvalue weighted by atomic mass is 79.9. The number of phenolic OH excluding ortho intramolecular Hbond substituents is 1. The Morgan fingerprint density at radius 2 is 1.89 bits per heavy atom. The topological polar surface area (TPSA) is 63.8 Å². The van der Waals surface area contributed by atoms with Crippen LogP contribution in [-0.2, 0) is 6.42 Å². The van der Waals surface area contributed by atoms with Gasteiger partial charge in [0.05, 0.1) is 23.4 Å². The maximum Gasteiger partial charge on any atom is 0.271 e. The van der Waals surface area contributed by atoms with Crippen molar-refractivity contribution >= 4 is 39.0 Å². The Bertz CT molecular complexity index is 1690. The van der Waals surface area contributed by atoms with E-state index in [-0.39, 0.29) is 17.4 Å². The van der Waals surface area contributed by atoms with E-state index in [1.165, 1.54) is 29.6 Å². The number of aryl methyl sites for hydroxylation is 1. The molecule has 2 heterocycles. The predicted molar refractivity (Wildman–Crippen MR) is 142 cm³/mol. The minimum Gasteiger partial charge on any atom is -0.504 e. The van der Waals surface area contributed by atoms with Gasteiger partial charge in [0.25, 0.3) is 5.56 Å². The van der Waals surface area contributed by atoms with Crippen LogP contribution < -0.4 is 19.6 Å². The molecule has 1 aromatic heterocycles. The van der Waals surface area contributed by atoms with E-state index in [1.807, 2.05) is 28.8 Å². The fourth-order valence-electron chi connectivity index (χ4n) is 4.96. The van der Waals surface area contributed by atoms with Gasteiger partial charge in [-0.05, 0) is 47.8 Å². The van der Waals surface area contributed by atoms with Gasteiger partial charge in [0.15, 0.2) is 16.3 Å². The number of allylic oxidation sites excluding steroid dienone is 1. The first-order chi connectivity index (χ1) is 17.0. The van der Waals surface area contributed by atoms with Crippen molar-refractivity contribution in [3.8, 4) is 11.5 Å². The summed E-state index contributed by atoms with van der Waals surface area (Å²) in [5.74, 6) is 0.335. The monoisotopic (exact) mass is 544 g/mol. The fourth-order valence-corrected chi connectivity index (χ4v) is 6.41. The van der Waals surface area contributed by atoms with Gasteiger partial charge in [-0.1, -0.05) is 81.9 Å². The number of ether oxygens (including phenoxy) is 1. The molecule has 174 valence electrons. The minimum atomic E-state index is -0.219. The first kappa shape index (κ1) is 22.1. The quantitative estimate of drug-likeness (QED) is 0.403. The molecule has 0 saturated carbocycles. The number of aromatic hydroxyl groups is 1. The van der Waals surface area contributed by atoms with Gasteiger partial charge >= 0.3 is 0 Å². The average Bonchev–Trinajstić information content (AvgIpc) is 3.19. The van der Waals surface area contributed by atoms with Gasteiger partial charge in [-0.3, -0.25) is 9.36 Å². The maximum atomic E-state index is 13.8. The third kappa shape index (κ3) is 3.66. The van der Waals surface area contributed by atoms with Crippen LogP contribution >= 0.6 is 27.3 Å². The Morgan fingerprint density at radius 1 is 1.11 bits per heavy atom. The van der Waals surface area contributed by atoms with Gasteiger partial charge in [-0.25, -0.2) is 4.99 Å². The zero-order chi connectivity index (χ0) is 24.1. The lowest BCUT2D eigenvalue weighted by molar-refractivity contribution is 0.372. The summed E-state index contributed by atoms with van der Waals surface area (Å²) in [6.45, 7) is 0. The smallest absolute Gasteiger partial charge is 0.271 e. The molecule has 0 saturated heterocycles. The number of halogens is 1. The number of benzene rings is 3. The molecule has 0 fully saturated rings. The van der Waals surface area contributed by atoms with Crippen LogP contribution in [0.2, 0.25) is 0 Å². The molecule has 3 aromatic carbocycles. The molecule has 1 aliphatic carbocycles. The Labute approximate surface area is 214 Å². The SMILES string of the molecule is COc1cc(Br)cc(/C=c2\sc3n(c2=O)[C@@H](c2ccccc2)C2=C(N=3)c3ccccc3CC2)c1O. The van der Waals surface area contributed by atoms with E-state index in [0.717, 1.165) is 34.1 Å². The van der Waals surface area contributed by atoms with Gasteiger partial charge in [-0.15, -0.1) is 0 Å². The van der Waals surface area contributed by atoms with E-state index in [4.69, 9.17) is 9.73 Å². The number of fused-ring (bicyclic) bond motifs is 3. The van der Waals surface area contributed by atoms with Gasteiger partial charge in [0.2, 0.25) is 0 Å². The number of rotatable bonds is 3. The lowest BCUT2D eigenvalue weighted by Gasteiger charge is -2.30. The third-order valence-corrected chi connectivity index (χ3v) is 8.00. The zero-order valence-electron chi connectivity index (χ0n) is 18.9. The normalized spacial score (nSPS) is 16.9. The summed E-state index contributed by atoms with van der Waals surface area (Å²) in [4.78, 5) is 19.5. The van der Waals surface area contributed by atoms with E-state index in [9.17, 15) is 9.90 Å². The van der Waals surface area contributed by atoms with Gasteiger partial charge in [0, 0.05) is 15.6 Å². The molecule has 0 spiro atoms. The molecule has 1 N–H and O–H groups in total. The molecular weight excluding hydrogens is 524 g/mol. The van der Waals surface area contributed by atoms with Crippen molar-refractivity contribution in [2.45, 2.75) is 18.9 Å². The number of thiazole rings is 1. The molecule has 5 nitrogen and oxygen atoms in total. The van der Waals surface area contributed by atoms with Crippen LogP contribution in [0, 0.1) is 0 Å². The van der Waals surface area contributed by atoms with Crippen LogP contribution in [0.3, 0.4) is 0 Å². The van der Waals surface area contributed by atoms with E-state index < -0.39 is 0 Å². The largest absolute Gasteiger partial charge is 0.504 e. The minimum absolute atomic E-state index is 0.00522. The number of hydrogen-bond acceptors (Lipinski definition) is 5. The first-order valence-electron chi connectivity index (χ1n) is 11.3. The van der Waals surface area contributed by atoms with Gasteiger partial charge in [0.1, 0.15) is 0 Å². The maximum absolute atomic E-state index is 13.8. The first-order valence-corrected chi connectivity index (χ1v) is 12.9. The summed E-state index contributed by atoms with van der Waals surface area (Å²) < 4.78 is 8.35. The third-order valence-electron chi connectivity index (χ3n) is 6.56. The molecule has 1 atom stereocenters. The van der Waals surface area contributed by atoms with Crippen LogP contribution in [-0.4, -0.2) is 16.8 Å². The second-order valence-corrected chi connectivity index (χ2v) is 10.5. The van der Waals surface area contributed by atoms with Crippen molar-refractivity contribution in [1.82, 2.24) is 4.57 Å². The molecule has 2 aliphatic rings. The summed E-state index contributed by atoms with van der Waals surface area (Å²) in [6, 6.07) is 21.8. The fraction of sp³-hybridized carbons (Fsp3) is 0.143. The van der Waals surface area contributed by atoms with Crippen LogP contribution in [0.5, 0.6) is 11.5 Å². The van der Waals surface area contributed by atoms with Gasteiger partial charge in [-0.2, -0.15) is 0 Å². The highest BCUT2D eigenvalue weighted by Crippen LogP contribution is 2.41. The summed E-state index contributed by atoms with van der Waals surface area (Å²) >= 11 is 4.80. The molecule has 4 aromatic rings. The molecule has 6 rings (SSSR count). The molecule has 0 bridgehead atoms. The molecule has 1 aliphatic heterocycles. The Balaban J connectivity index is 1.63. The molecule has 7 heteroatoms. The highest BCUT2D eigenvalue weighted by Gasteiger charge is 2.32. The van der Waals surface area contributed by atoms with Crippen molar-refractivity contribution in [2.24, 2.45) is 4.99 Å². The molecule has 0 amide bonds. The summed E-state index contributed by atoms with van der Waals surface area (Å²) in [6.07, 6.45) is 3.48. The Kier molecular flexibility index (Phi) is 5.46. The molecular formula is C28H21BrN2O3S. The van der Waals surface area contributed by atoms with Crippen LogP contribution in [0.4, 0.5) is 0 Å². The summed E-state index contributed by atoms with van der Waals surface area (Å²) in [5.41, 5.74) is 6.02. The van der Waals surface area contributed by atoms with Crippen molar-refractivity contribution < 1.29 is 9.84 Å². The standard InChI is InChI=1S/C28H21BrN2O3S/c1-34-22-15-19(29)13-18(26(22)32)14-23-27(33)31-25(17-8-3-2-4-9-17)21-12-11-16-7-5-6-10-20(16)24(21)30-28(31)35-23/h2-10,13-15,25,32H,11-12H2,1H3/b23-14-/t25-/m0/s1. The second kappa shape index (κ2) is 8.66. The summed E-state index contributed by atoms with van der Waals surface area (Å²) in [5, 5.41) is 10.7. The Morgan fingerprint density at radius 3 is 2.69 bits per heavy atom. The van der Waals surface area contributed by atoms with Gasteiger partial charge < -0.3 is 9.84 Å². The van der Waals surface area contributed by atoms with E-state index in [0.29, 0.717) is 20.6 Å². The Hall–Kier alpha value is -3.42. The van der Waals surface area contributed by atoms with Crippen LogP contribution in [0.1, 0.15) is 34.7 Å². The van der Waals surface area contributed by atoms with E-state index in [1.54, 1.807) is 18.2 Å². The molecule has 35 heavy (non-hydrogen) atoms. The summed E-state index contributed by atoms with van der Waals surface area (Å²) in [7, 11) is 1.50. The van der Waals surface area contributed by atoms with Crippen molar-refractivity contribution in [3.05, 3.63) is 119 Å². The lowest BCUT2D eigenvalue weighted by atomic mass is 9.83. The second-order valence-electron chi connectivity index (χ2n) is 8.57.